The summed E-state index contributed by atoms with van der Waals surface area (Å²) < 4.78 is 28.7. The lowest BCUT2D eigenvalue weighted by Gasteiger charge is -2.23. The third kappa shape index (κ3) is 5.04. The quantitative estimate of drug-likeness (QED) is 0.453. The summed E-state index contributed by atoms with van der Waals surface area (Å²) in [5.41, 5.74) is 2.26. The van der Waals surface area contributed by atoms with Crippen molar-refractivity contribution in [2.75, 3.05) is 47.6 Å². The van der Waals surface area contributed by atoms with Gasteiger partial charge in [-0.1, -0.05) is 12.1 Å². The summed E-state index contributed by atoms with van der Waals surface area (Å²) in [6, 6.07) is 9.70. The van der Waals surface area contributed by atoms with Gasteiger partial charge in [-0.3, -0.25) is 4.90 Å². The number of benzene rings is 2. The van der Waals surface area contributed by atoms with Crippen molar-refractivity contribution in [3.05, 3.63) is 47.7 Å². The molecule has 7 heteroatoms. The molecule has 178 valence electrons. The Morgan fingerprint density at radius 1 is 0.939 bits per heavy atom. The molecule has 0 radical (unpaired) electrons. The molecule has 33 heavy (non-hydrogen) atoms. The lowest BCUT2D eigenvalue weighted by Crippen LogP contribution is -2.25. The van der Waals surface area contributed by atoms with Gasteiger partial charge in [0.2, 0.25) is 5.75 Å². The van der Waals surface area contributed by atoms with Crippen LogP contribution in [0.15, 0.2) is 41.0 Å². The Morgan fingerprint density at radius 3 is 2.33 bits per heavy atom. The van der Waals surface area contributed by atoms with E-state index in [9.17, 15) is 5.11 Å². The number of aliphatic hydroxyl groups is 1. The van der Waals surface area contributed by atoms with Crippen LogP contribution in [0.5, 0.6) is 23.0 Å². The highest BCUT2D eigenvalue weighted by molar-refractivity contribution is 5.93. The van der Waals surface area contributed by atoms with E-state index in [-0.39, 0.29) is 0 Å². The molecule has 2 aromatic carbocycles. The van der Waals surface area contributed by atoms with E-state index >= 15 is 0 Å². The number of likely N-dealkylation sites (tertiary alicyclic amines) is 1. The second kappa shape index (κ2) is 10.8. The number of nitrogens with zero attached hydrogens (tertiary/aromatic N) is 1. The van der Waals surface area contributed by atoms with Gasteiger partial charge in [-0.25, -0.2) is 0 Å². The smallest absolute Gasteiger partial charge is 0.205 e. The van der Waals surface area contributed by atoms with Crippen LogP contribution in [0.4, 0.5) is 0 Å². The van der Waals surface area contributed by atoms with E-state index in [0.717, 1.165) is 36.3 Å². The molecule has 3 aromatic rings. The van der Waals surface area contributed by atoms with Crippen molar-refractivity contribution in [1.29, 1.82) is 0 Å². The fourth-order valence-corrected chi connectivity index (χ4v) is 4.51. The molecule has 1 fully saturated rings. The van der Waals surface area contributed by atoms with Gasteiger partial charge in [0.1, 0.15) is 18.1 Å². The Morgan fingerprint density at radius 2 is 1.67 bits per heavy atom. The predicted molar refractivity (Wildman–Crippen MR) is 127 cm³/mol. The van der Waals surface area contributed by atoms with Crippen LogP contribution in [0.3, 0.4) is 0 Å². The molecule has 1 aromatic heterocycles. The number of hydrogen-bond acceptors (Lipinski definition) is 7. The maximum Gasteiger partial charge on any atom is 0.205 e. The average Bonchev–Trinajstić information content (AvgIpc) is 3.54. The fraction of sp³-hybridized carbons (Fsp3) is 0.462. The SMILES string of the molecule is COc1ccc(CCC(O)c2c(OCCN3CCCC3)c(OC)c3occc3c2OC)cc1. The van der Waals surface area contributed by atoms with Gasteiger partial charge in [0.15, 0.2) is 11.3 Å². The van der Waals surface area contributed by atoms with Crippen LogP contribution in [0.2, 0.25) is 0 Å². The molecule has 1 unspecified atom stereocenters. The minimum atomic E-state index is -0.808. The number of aliphatic hydroxyl groups excluding tert-OH is 1. The number of hydrogen-bond donors (Lipinski definition) is 1. The molecular weight excluding hydrogens is 422 g/mol. The van der Waals surface area contributed by atoms with Crippen LogP contribution in [0.1, 0.15) is 36.5 Å². The normalized spacial score (nSPS) is 15.0. The number of aryl methyl sites for hydroxylation is 1. The summed E-state index contributed by atoms with van der Waals surface area (Å²) in [4.78, 5) is 2.38. The van der Waals surface area contributed by atoms with E-state index in [1.54, 1.807) is 27.6 Å². The number of ether oxygens (including phenoxy) is 4. The van der Waals surface area contributed by atoms with Gasteiger partial charge >= 0.3 is 0 Å². The molecular formula is C26H33NO6. The predicted octanol–water partition coefficient (Wildman–Crippen LogP) is 4.60. The zero-order valence-corrected chi connectivity index (χ0v) is 19.6. The highest BCUT2D eigenvalue weighted by Gasteiger charge is 2.29. The molecule has 0 saturated carbocycles. The Kier molecular flexibility index (Phi) is 7.62. The Balaban J connectivity index is 1.62. The van der Waals surface area contributed by atoms with Gasteiger partial charge < -0.3 is 28.5 Å². The van der Waals surface area contributed by atoms with Crippen LogP contribution in [0.25, 0.3) is 11.0 Å². The number of methoxy groups -OCH3 is 3. The van der Waals surface area contributed by atoms with E-state index in [1.807, 2.05) is 30.3 Å². The van der Waals surface area contributed by atoms with Gasteiger partial charge in [-0.2, -0.15) is 0 Å². The summed E-state index contributed by atoms with van der Waals surface area (Å²) in [6.45, 7) is 3.50. The van der Waals surface area contributed by atoms with Gasteiger partial charge in [0.25, 0.3) is 0 Å². The van der Waals surface area contributed by atoms with Gasteiger partial charge in [-0.05, 0) is 62.5 Å². The lowest BCUT2D eigenvalue weighted by atomic mass is 9.97. The van der Waals surface area contributed by atoms with Crippen LogP contribution in [0, 0.1) is 0 Å². The maximum absolute atomic E-state index is 11.3. The second-order valence-electron chi connectivity index (χ2n) is 8.27. The van der Waals surface area contributed by atoms with E-state index < -0.39 is 6.10 Å². The maximum atomic E-state index is 11.3. The standard InChI is InChI=1S/C26H33NO6/c1-29-19-9-6-18(7-10-19)8-11-21(28)22-23(30-2)20-12-16-32-24(20)26(31-3)25(22)33-17-15-27-13-4-5-14-27/h6-7,9-10,12,16,21,28H,4-5,8,11,13-15,17H2,1-3H3. The molecule has 4 rings (SSSR count). The Hall–Kier alpha value is -2.90. The number of fused-ring (bicyclic) bond motifs is 1. The van der Waals surface area contributed by atoms with Gasteiger partial charge in [-0.15, -0.1) is 0 Å². The molecule has 1 aliphatic heterocycles. The largest absolute Gasteiger partial charge is 0.497 e. The van der Waals surface area contributed by atoms with Crippen molar-refractivity contribution in [2.24, 2.45) is 0 Å². The second-order valence-corrected chi connectivity index (χ2v) is 8.27. The highest BCUT2D eigenvalue weighted by atomic mass is 16.5. The van der Waals surface area contributed by atoms with Crippen LogP contribution in [-0.2, 0) is 6.42 Å². The molecule has 0 aliphatic carbocycles. The first kappa shape index (κ1) is 23.3. The van der Waals surface area contributed by atoms with Crippen molar-refractivity contribution in [1.82, 2.24) is 4.90 Å². The molecule has 0 bridgehead atoms. The van der Waals surface area contributed by atoms with Gasteiger partial charge in [0, 0.05) is 6.54 Å². The molecule has 2 heterocycles. The average molecular weight is 456 g/mol. The molecule has 1 saturated heterocycles. The highest BCUT2D eigenvalue weighted by Crippen LogP contribution is 2.49. The monoisotopic (exact) mass is 455 g/mol. The van der Waals surface area contributed by atoms with Crippen molar-refractivity contribution >= 4 is 11.0 Å². The summed E-state index contributed by atoms with van der Waals surface area (Å²) >= 11 is 0. The molecule has 1 aliphatic rings. The summed E-state index contributed by atoms with van der Waals surface area (Å²) in [6.07, 6.45) is 4.43. The first-order valence-corrected chi connectivity index (χ1v) is 11.5. The van der Waals surface area contributed by atoms with Crippen molar-refractivity contribution < 1.29 is 28.5 Å². The topological polar surface area (TPSA) is 73.5 Å². The van der Waals surface area contributed by atoms with E-state index in [2.05, 4.69) is 4.90 Å². The first-order chi connectivity index (χ1) is 16.2. The third-order valence-corrected chi connectivity index (χ3v) is 6.27. The van der Waals surface area contributed by atoms with E-state index in [4.69, 9.17) is 23.4 Å². The minimum Gasteiger partial charge on any atom is -0.497 e. The summed E-state index contributed by atoms with van der Waals surface area (Å²) in [5, 5.41) is 12.1. The lowest BCUT2D eigenvalue weighted by molar-refractivity contribution is 0.154. The summed E-state index contributed by atoms with van der Waals surface area (Å²) in [5.74, 6) is 2.33. The molecule has 0 amide bonds. The fourth-order valence-electron chi connectivity index (χ4n) is 4.51. The molecule has 1 N–H and O–H groups in total. The van der Waals surface area contributed by atoms with Crippen LogP contribution < -0.4 is 18.9 Å². The van der Waals surface area contributed by atoms with E-state index in [1.165, 1.54) is 12.8 Å². The molecule has 7 nitrogen and oxygen atoms in total. The van der Waals surface area contributed by atoms with Gasteiger partial charge in [0.05, 0.1) is 44.6 Å². The minimum absolute atomic E-state index is 0.482. The number of rotatable bonds is 11. The Labute approximate surface area is 194 Å². The van der Waals surface area contributed by atoms with Crippen LogP contribution in [-0.4, -0.2) is 57.6 Å². The zero-order valence-electron chi connectivity index (χ0n) is 19.6. The Bertz CT molecular complexity index is 1040. The number of furan rings is 1. The van der Waals surface area contributed by atoms with Crippen molar-refractivity contribution in [2.45, 2.75) is 31.8 Å². The molecule has 0 spiro atoms. The molecule has 1 atom stereocenters. The zero-order chi connectivity index (χ0) is 23.2. The van der Waals surface area contributed by atoms with Crippen LogP contribution >= 0.6 is 0 Å². The van der Waals surface area contributed by atoms with Crippen molar-refractivity contribution in [3.63, 3.8) is 0 Å². The first-order valence-electron chi connectivity index (χ1n) is 11.5. The van der Waals surface area contributed by atoms with E-state index in [0.29, 0.717) is 47.8 Å². The van der Waals surface area contributed by atoms with Crippen molar-refractivity contribution in [3.8, 4) is 23.0 Å². The summed E-state index contributed by atoms with van der Waals surface area (Å²) in [7, 11) is 4.84. The third-order valence-electron chi connectivity index (χ3n) is 6.27.